The summed E-state index contributed by atoms with van der Waals surface area (Å²) in [5, 5.41) is 5.07. The lowest BCUT2D eigenvalue weighted by molar-refractivity contribution is 0.104. The Morgan fingerprint density at radius 2 is 1.96 bits per heavy atom. The van der Waals surface area contributed by atoms with Crippen molar-refractivity contribution in [2.45, 2.75) is 25.9 Å². The number of rotatable bonds is 8. The quantitative estimate of drug-likeness (QED) is 0.683. The van der Waals surface area contributed by atoms with E-state index in [4.69, 9.17) is 9.15 Å². The van der Waals surface area contributed by atoms with Gasteiger partial charge in [-0.25, -0.2) is 13.6 Å². The van der Waals surface area contributed by atoms with Crippen molar-refractivity contribution in [1.29, 1.82) is 0 Å². The van der Waals surface area contributed by atoms with Crippen molar-refractivity contribution in [1.82, 2.24) is 5.32 Å². The minimum absolute atomic E-state index is 0.0211. The summed E-state index contributed by atoms with van der Waals surface area (Å²) in [6.45, 7) is 2.49. The Morgan fingerprint density at radius 1 is 1.22 bits per heavy atom. The Balaban J connectivity index is 1.39. The number of carbonyl (C=O) groups excluding carboxylic acids is 1. The number of nitrogens with zero attached hydrogens (tertiary/aromatic N) is 1. The molecule has 8 heteroatoms. The summed E-state index contributed by atoms with van der Waals surface area (Å²) in [6, 6.07) is 5.37. The standard InChI is InChI=1S/C19H23F2N3O3/c20-16-11-14(12-17(21)18(16)24-7-1-2-8-24)23-19(25)22-6-4-9-26-13-15-5-3-10-27-15/h3,5,10-12H,1-2,4,6-9,13H2,(H2,22,23,25). The summed E-state index contributed by atoms with van der Waals surface area (Å²) in [5.41, 5.74) is 0.0617. The van der Waals surface area contributed by atoms with Gasteiger partial charge in [-0.1, -0.05) is 0 Å². The lowest BCUT2D eigenvalue weighted by atomic mass is 10.2. The molecule has 3 rings (SSSR count). The van der Waals surface area contributed by atoms with Gasteiger partial charge in [0.1, 0.15) is 18.1 Å². The van der Waals surface area contributed by atoms with E-state index in [1.165, 1.54) is 0 Å². The second-order valence-corrected chi connectivity index (χ2v) is 6.35. The van der Waals surface area contributed by atoms with E-state index < -0.39 is 17.7 Å². The molecule has 2 heterocycles. The summed E-state index contributed by atoms with van der Waals surface area (Å²) in [4.78, 5) is 13.6. The molecule has 1 fully saturated rings. The highest BCUT2D eigenvalue weighted by Crippen LogP contribution is 2.29. The van der Waals surface area contributed by atoms with Gasteiger partial charge in [-0.05, 0) is 43.5 Å². The molecule has 0 spiro atoms. The van der Waals surface area contributed by atoms with Crippen LogP contribution in [-0.4, -0.2) is 32.3 Å². The number of benzene rings is 1. The van der Waals surface area contributed by atoms with E-state index in [2.05, 4.69) is 10.6 Å². The smallest absolute Gasteiger partial charge is 0.319 e. The first-order valence-corrected chi connectivity index (χ1v) is 9.02. The molecule has 0 bridgehead atoms. The van der Waals surface area contributed by atoms with Crippen molar-refractivity contribution < 1.29 is 22.7 Å². The summed E-state index contributed by atoms with van der Waals surface area (Å²) in [7, 11) is 0. The molecule has 2 aromatic rings. The van der Waals surface area contributed by atoms with Crippen molar-refractivity contribution in [2.75, 3.05) is 36.5 Å². The van der Waals surface area contributed by atoms with Crippen molar-refractivity contribution in [3.63, 3.8) is 0 Å². The Labute approximate surface area is 156 Å². The van der Waals surface area contributed by atoms with E-state index in [0.717, 1.165) is 30.7 Å². The van der Waals surface area contributed by atoms with Crippen LogP contribution in [0.5, 0.6) is 0 Å². The number of anilines is 2. The minimum atomic E-state index is -0.668. The first-order valence-electron chi connectivity index (χ1n) is 9.02. The Hall–Kier alpha value is -2.61. The van der Waals surface area contributed by atoms with E-state index >= 15 is 0 Å². The first kappa shape index (κ1) is 19.2. The lowest BCUT2D eigenvalue weighted by Gasteiger charge is -2.20. The van der Waals surface area contributed by atoms with Gasteiger partial charge in [-0.2, -0.15) is 0 Å². The molecule has 1 aromatic heterocycles. The molecule has 1 aliphatic rings. The minimum Gasteiger partial charge on any atom is -0.467 e. The molecular formula is C19H23F2N3O3. The van der Waals surface area contributed by atoms with Crippen LogP contribution in [-0.2, 0) is 11.3 Å². The van der Waals surface area contributed by atoms with Crippen LogP contribution in [0.2, 0.25) is 0 Å². The second-order valence-electron chi connectivity index (χ2n) is 6.35. The van der Waals surface area contributed by atoms with Gasteiger partial charge >= 0.3 is 6.03 Å². The molecule has 146 valence electrons. The highest BCUT2D eigenvalue weighted by Gasteiger charge is 2.21. The second kappa shape index (κ2) is 9.36. The molecule has 2 amide bonds. The lowest BCUT2D eigenvalue weighted by Crippen LogP contribution is -2.30. The molecule has 27 heavy (non-hydrogen) atoms. The third-order valence-corrected chi connectivity index (χ3v) is 4.27. The Morgan fingerprint density at radius 3 is 2.63 bits per heavy atom. The van der Waals surface area contributed by atoms with Crippen LogP contribution < -0.4 is 15.5 Å². The van der Waals surface area contributed by atoms with Gasteiger partial charge in [0.15, 0.2) is 11.6 Å². The maximum Gasteiger partial charge on any atom is 0.319 e. The number of hydrogen-bond acceptors (Lipinski definition) is 4. The average molecular weight is 379 g/mol. The molecule has 0 radical (unpaired) electrons. The molecule has 1 saturated heterocycles. The topological polar surface area (TPSA) is 66.7 Å². The highest BCUT2D eigenvalue weighted by atomic mass is 19.1. The van der Waals surface area contributed by atoms with Crippen LogP contribution in [0.3, 0.4) is 0 Å². The van der Waals surface area contributed by atoms with Crippen LogP contribution in [0.25, 0.3) is 0 Å². The largest absolute Gasteiger partial charge is 0.467 e. The van der Waals surface area contributed by atoms with Gasteiger partial charge in [0.05, 0.1) is 6.26 Å². The third kappa shape index (κ3) is 5.43. The molecule has 0 unspecified atom stereocenters. The zero-order valence-corrected chi connectivity index (χ0v) is 15.0. The zero-order valence-electron chi connectivity index (χ0n) is 15.0. The van der Waals surface area contributed by atoms with Crippen molar-refractivity contribution >= 4 is 17.4 Å². The maximum atomic E-state index is 14.2. The van der Waals surface area contributed by atoms with E-state index in [0.29, 0.717) is 39.3 Å². The summed E-state index contributed by atoms with van der Waals surface area (Å²) < 4.78 is 39.0. The molecular weight excluding hydrogens is 356 g/mol. The molecule has 0 atom stereocenters. The SMILES string of the molecule is O=C(NCCCOCc1ccco1)Nc1cc(F)c(N2CCCC2)c(F)c1. The maximum absolute atomic E-state index is 14.2. The summed E-state index contributed by atoms with van der Waals surface area (Å²) >= 11 is 0. The number of furan rings is 1. The monoisotopic (exact) mass is 379 g/mol. The van der Waals surface area contributed by atoms with Crippen molar-refractivity contribution in [3.8, 4) is 0 Å². The number of amides is 2. The number of nitrogens with one attached hydrogen (secondary N) is 2. The third-order valence-electron chi connectivity index (χ3n) is 4.27. The number of carbonyl (C=O) groups is 1. The van der Waals surface area contributed by atoms with E-state index in [1.54, 1.807) is 17.2 Å². The predicted molar refractivity (Wildman–Crippen MR) is 97.8 cm³/mol. The van der Waals surface area contributed by atoms with E-state index in [1.807, 2.05) is 6.07 Å². The van der Waals surface area contributed by atoms with Gasteiger partial charge in [-0.3, -0.25) is 0 Å². The van der Waals surface area contributed by atoms with Crippen molar-refractivity contribution in [3.05, 3.63) is 47.9 Å². The zero-order chi connectivity index (χ0) is 19.1. The fourth-order valence-corrected chi connectivity index (χ4v) is 3.00. The van der Waals surface area contributed by atoms with Crippen molar-refractivity contribution in [2.24, 2.45) is 0 Å². The number of hydrogen-bond donors (Lipinski definition) is 2. The van der Waals surface area contributed by atoms with Gasteiger partial charge in [-0.15, -0.1) is 0 Å². The molecule has 1 aromatic carbocycles. The van der Waals surface area contributed by atoms with E-state index in [-0.39, 0.29) is 11.4 Å². The average Bonchev–Trinajstić information content (AvgIpc) is 3.31. The summed E-state index contributed by atoms with van der Waals surface area (Å²) in [5.74, 6) is -0.598. The van der Waals surface area contributed by atoms with Crippen LogP contribution in [0.4, 0.5) is 25.0 Å². The van der Waals surface area contributed by atoms with E-state index in [9.17, 15) is 13.6 Å². The molecule has 6 nitrogen and oxygen atoms in total. The summed E-state index contributed by atoms with van der Waals surface area (Å²) in [6.07, 6.45) is 4.03. The van der Waals surface area contributed by atoms with Gasteiger partial charge in [0, 0.05) is 31.9 Å². The Kier molecular flexibility index (Phi) is 6.64. The van der Waals surface area contributed by atoms with Crippen LogP contribution in [0.15, 0.2) is 34.9 Å². The normalized spacial score (nSPS) is 13.8. The Bertz CT molecular complexity index is 724. The first-order chi connectivity index (χ1) is 13.1. The molecule has 0 saturated carbocycles. The predicted octanol–water partition coefficient (Wildman–Crippen LogP) is 3.89. The van der Waals surface area contributed by atoms with Gasteiger partial charge in [0.2, 0.25) is 0 Å². The number of ether oxygens (including phenoxy) is 1. The fraction of sp³-hybridized carbons (Fsp3) is 0.421. The van der Waals surface area contributed by atoms with Crippen LogP contribution in [0, 0.1) is 11.6 Å². The molecule has 1 aliphatic heterocycles. The van der Waals surface area contributed by atoms with Crippen LogP contribution in [0.1, 0.15) is 25.0 Å². The number of halogens is 2. The van der Waals surface area contributed by atoms with Gasteiger partial charge in [0.25, 0.3) is 0 Å². The molecule has 2 N–H and O–H groups in total. The van der Waals surface area contributed by atoms with Crippen LogP contribution >= 0.6 is 0 Å². The fourth-order valence-electron chi connectivity index (χ4n) is 3.00. The van der Waals surface area contributed by atoms with Gasteiger partial charge < -0.3 is 24.7 Å². The molecule has 0 aliphatic carbocycles. The highest BCUT2D eigenvalue weighted by molar-refractivity contribution is 5.89. The number of urea groups is 1.